The molecule has 0 aliphatic rings. The molecule has 0 atom stereocenters. The van der Waals surface area contributed by atoms with E-state index < -0.39 is 0 Å². The summed E-state index contributed by atoms with van der Waals surface area (Å²) >= 11 is 3.02. The fraction of sp³-hybridized carbons (Fsp3) is 0.737. The Hall–Kier alpha value is -1.66. The molecule has 0 bridgehead atoms. The first-order chi connectivity index (χ1) is 21.7. The molecule has 0 saturated heterocycles. The van der Waals surface area contributed by atoms with Crippen molar-refractivity contribution in [2.75, 3.05) is 13.1 Å². The Morgan fingerprint density at radius 1 is 0.432 bits per heavy atom. The number of carbonyl (C=O) groups is 2. The smallest absolute Gasteiger partial charge is 0.261 e. The van der Waals surface area contributed by atoms with Gasteiger partial charge in [-0.05, 0) is 37.1 Å². The van der Waals surface area contributed by atoms with Crippen LogP contribution < -0.4 is 10.6 Å². The van der Waals surface area contributed by atoms with E-state index in [1.54, 1.807) is 0 Å². The van der Waals surface area contributed by atoms with Gasteiger partial charge in [-0.25, -0.2) is 0 Å². The van der Waals surface area contributed by atoms with Crippen molar-refractivity contribution in [3.8, 4) is 9.75 Å². The van der Waals surface area contributed by atoms with E-state index in [0.717, 1.165) is 45.4 Å². The first-order valence-electron chi connectivity index (χ1n) is 18.4. The minimum atomic E-state index is 0.0151. The lowest BCUT2D eigenvalue weighted by Crippen LogP contribution is -2.23. The Morgan fingerprint density at radius 3 is 1.00 bits per heavy atom. The summed E-state index contributed by atoms with van der Waals surface area (Å²) in [4.78, 5) is 28.9. The molecule has 2 N–H and O–H groups in total. The second-order valence-electron chi connectivity index (χ2n) is 12.6. The minimum Gasteiger partial charge on any atom is -0.351 e. The van der Waals surface area contributed by atoms with Crippen LogP contribution in [0.3, 0.4) is 0 Å². The van der Waals surface area contributed by atoms with Crippen LogP contribution in [0.25, 0.3) is 9.75 Å². The minimum absolute atomic E-state index is 0.0151. The Morgan fingerprint density at radius 2 is 0.705 bits per heavy atom. The number of amides is 2. The quantitative estimate of drug-likeness (QED) is 0.0866. The molecule has 0 radical (unpaired) electrons. The van der Waals surface area contributed by atoms with Crippen LogP contribution in [-0.2, 0) is 0 Å². The number of carbonyl (C=O) groups excluding carboxylic acids is 2. The normalized spacial score (nSPS) is 11.2. The van der Waals surface area contributed by atoms with Gasteiger partial charge in [0, 0.05) is 22.8 Å². The van der Waals surface area contributed by atoms with Crippen molar-refractivity contribution in [1.29, 1.82) is 0 Å². The summed E-state index contributed by atoms with van der Waals surface area (Å²) in [7, 11) is 0. The second kappa shape index (κ2) is 26.5. The predicted octanol–water partition coefficient (Wildman–Crippen LogP) is 12.3. The molecule has 4 nitrogen and oxygen atoms in total. The van der Waals surface area contributed by atoms with Gasteiger partial charge in [0.25, 0.3) is 11.8 Å². The highest BCUT2D eigenvalue weighted by Gasteiger charge is 2.14. The lowest BCUT2D eigenvalue weighted by atomic mass is 10.1. The molecule has 0 aliphatic heterocycles. The number of nitrogens with one attached hydrogen (secondary N) is 2. The molecule has 0 aliphatic carbocycles. The van der Waals surface area contributed by atoms with Crippen molar-refractivity contribution in [2.45, 2.75) is 168 Å². The van der Waals surface area contributed by atoms with Crippen LogP contribution in [0.15, 0.2) is 24.3 Å². The van der Waals surface area contributed by atoms with E-state index in [-0.39, 0.29) is 11.8 Å². The van der Waals surface area contributed by atoms with Gasteiger partial charge in [0.2, 0.25) is 0 Å². The average Bonchev–Trinajstić information content (AvgIpc) is 3.72. The molecule has 2 aromatic heterocycles. The molecule has 250 valence electrons. The van der Waals surface area contributed by atoms with E-state index in [4.69, 9.17) is 0 Å². The van der Waals surface area contributed by atoms with Crippen LogP contribution >= 0.6 is 22.7 Å². The molecular formula is C38H64N2O2S2. The Balaban J connectivity index is 1.50. The lowest BCUT2D eigenvalue weighted by molar-refractivity contribution is 0.0948. The number of hydrogen-bond donors (Lipinski definition) is 2. The first kappa shape index (κ1) is 38.5. The first-order valence-corrected chi connectivity index (χ1v) is 20.1. The van der Waals surface area contributed by atoms with Crippen LogP contribution in [0.4, 0.5) is 0 Å². The third kappa shape index (κ3) is 18.3. The third-order valence-electron chi connectivity index (χ3n) is 8.53. The van der Waals surface area contributed by atoms with Gasteiger partial charge in [0.1, 0.15) is 0 Å². The van der Waals surface area contributed by atoms with E-state index in [0.29, 0.717) is 0 Å². The van der Waals surface area contributed by atoms with Crippen LogP contribution in [-0.4, -0.2) is 24.9 Å². The molecule has 0 unspecified atom stereocenters. The van der Waals surface area contributed by atoms with Crippen LogP contribution in [0.1, 0.15) is 187 Å². The Kier molecular flexibility index (Phi) is 23.2. The zero-order valence-electron chi connectivity index (χ0n) is 28.3. The molecular weight excluding hydrogens is 581 g/mol. The van der Waals surface area contributed by atoms with Gasteiger partial charge in [-0.3, -0.25) is 9.59 Å². The summed E-state index contributed by atoms with van der Waals surface area (Å²) in [5.74, 6) is 0.0301. The molecule has 0 saturated carbocycles. The van der Waals surface area contributed by atoms with Crippen molar-refractivity contribution >= 4 is 34.5 Å². The lowest BCUT2D eigenvalue weighted by Gasteiger charge is -2.04. The predicted molar refractivity (Wildman–Crippen MR) is 194 cm³/mol. The summed E-state index contributed by atoms with van der Waals surface area (Å²) in [5, 5.41) is 6.18. The van der Waals surface area contributed by atoms with Gasteiger partial charge >= 0.3 is 0 Å². The van der Waals surface area contributed by atoms with Gasteiger partial charge in [0.05, 0.1) is 9.75 Å². The number of thiophene rings is 2. The SMILES string of the molecule is CCCCCCCCCCCCCCNC(=O)c1ccc(-c2ccc(C(=O)NCCCCCCCCCCCCCC)s2)s1. The summed E-state index contributed by atoms with van der Waals surface area (Å²) in [5.41, 5.74) is 0. The zero-order valence-corrected chi connectivity index (χ0v) is 30.0. The van der Waals surface area contributed by atoms with Gasteiger partial charge < -0.3 is 10.6 Å². The molecule has 6 heteroatoms. The largest absolute Gasteiger partial charge is 0.351 e. The van der Waals surface area contributed by atoms with Gasteiger partial charge in [-0.2, -0.15) is 0 Å². The molecule has 2 aromatic rings. The van der Waals surface area contributed by atoms with Gasteiger partial charge in [0.15, 0.2) is 0 Å². The van der Waals surface area contributed by atoms with E-state index in [2.05, 4.69) is 24.5 Å². The van der Waals surface area contributed by atoms with Gasteiger partial charge in [-0.15, -0.1) is 22.7 Å². The van der Waals surface area contributed by atoms with E-state index in [1.807, 2.05) is 24.3 Å². The molecule has 2 rings (SSSR count). The maximum absolute atomic E-state index is 12.6. The Labute approximate surface area is 278 Å². The van der Waals surface area contributed by atoms with Crippen molar-refractivity contribution in [1.82, 2.24) is 10.6 Å². The maximum Gasteiger partial charge on any atom is 0.261 e. The standard InChI is InChI=1S/C38H64N2O2S2/c1-3-5-7-9-11-13-15-17-19-21-23-25-31-39-37(41)35-29-27-33(43-35)34-28-30-36(44-34)38(42)40-32-26-24-22-20-18-16-14-12-10-8-6-4-2/h27-30H,3-26,31-32H2,1-2H3,(H,39,41)(H,40,42). The van der Waals surface area contributed by atoms with E-state index in [9.17, 15) is 9.59 Å². The van der Waals surface area contributed by atoms with E-state index >= 15 is 0 Å². The highest BCUT2D eigenvalue weighted by atomic mass is 32.1. The van der Waals surface area contributed by atoms with Crippen molar-refractivity contribution < 1.29 is 9.59 Å². The monoisotopic (exact) mass is 644 g/mol. The maximum atomic E-state index is 12.6. The highest BCUT2D eigenvalue weighted by molar-refractivity contribution is 7.23. The number of rotatable bonds is 29. The summed E-state index contributed by atoms with van der Waals surface area (Å²) in [6.07, 6.45) is 31.7. The molecule has 44 heavy (non-hydrogen) atoms. The second-order valence-corrected chi connectivity index (χ2v) is 14.8. The van der Waals surface area contributed by atoms with Crippen molar-refractivity contribution in [3.05, 3.63) is 34.0 Å². The van der Waals surface area contributed by atoms with Crippen molar-refractivity contribution in [3.63, 3.8) is 0 Å². The topological polar surface area (TPSA) is 58.2 Å². The van der Waals surface area contributed by atoms with Gasteiger partial charge in [-0.1, -0.05) is 155 Å². The van der Waals surface area contributed by atoms with Crippen LogP contribution in [0, 0.1) is 0 Å². The van der Waals surface area contributed by atoms with Crippen LogP contribution in [0.5, 0.6) is 0 Å². The van der Waals surface area contributed by atoms with E-state index in [1.165, 1.54) is 164 Å². The summed E-state index contributed by atoms with van der Waals surface area (Å²) < 4.78 is 0. The third-order valence-corrected chi connectivity index (χ3v) is 10.9. The Bertz CT molecular complexity index is 905. The molecule has 2 heterocycles. The van der Waals surface area contributed by atoms with Crippen molar-refractivity contribution in [2.24, 2.45) is 0 Å². The summed E-state index contributed by atoms with van der Waals surface area (Å²) in [6, 6.07) is 7.82. The molecule has 0 aromatic carbocycles. The fourth-order valence-corrected chi connectivity index (χ4v) is 7.63. The molecule has 2 amide bonds. The molecule has 0 spiro atoms. The average molecular weight is 645 g/mol. The number of hydrogen-bond acceptors (Lipinski definition) is 4. The summed E-state index contributed by atoms with van der Waals surface area (Å²) in [6.45, 7) is 6.03. The zero-order chi connectivity index (χ0) is 31.5. The fourth-order valence-electron chi connectivity index (χ4n) is 5.69. The number of unbranched alkanes of at least 4 members (excludes halogenated alkanes) is 22. The van der Waals surface area contributed by atoms with Crippen LogP contribution in [0.2, 0.25) is 0 Å². The molecule has 0 fully saturated rings. The highest BCUT2D eigenvalue weighted by Crippen LogP contribution is 2.33.